The van der Waals surface area contributed by atoms with Crippen LogP contribution < -0.4 is 5.32 Å². The van der Waals surface area contributed by atoms with E-state index in [9.17, 15) is 4.79 Å². The van der Waals surface area contributed by atoms with Crippen LogP contribution in [-0.2, 0) is 11.2 Å². The number of carbonyl (C=O) groups excluding carboxylic acids is 1. The maximum atomic E-state index is 12.5. The molecular weight excluding hydrogens is 370 g/mol. The fourth-order valence-corrected chi connectivity index (χ4v) is 3.90. The average molecular weight is 402 g/mol. The van der Waals surface area contributed by atoms with Crippen molar-refractivity contribution in [3.8, 4) is 0 Å². The number of hydrogen-bond donors (Lipinski definition) is 1. The summed E-state index contributed by atoms with van der Waals surface area (Å²) < 4.78 is 6.04. The van der Waals surface area contributed by atoms with Crippen LogP contribution in [0, 0.1) is 5.92 Å². The van der Waals surface area contributed by atoms with Crippen molar-refractivity contribution >= 4 is 18.2 Å². The third-order valence-corrected chi connectivity index (χ3v) is 5.44. The first-order chi connectivity index (χ1) is 13.2. The van der Waals surface area contributed by atoms with Gasteiger partial charge >= 0.3 is 0 Å². The molecule has 0 saturated heterocycles. The van der Waals surface area contributed by atoms with Crippen molar-refractivity contribution in [1.29, 1.82) is 0 Å². The molecule has 3 rings (SSSR count). The minimum absolute atomic E-state index is 0. The maximum Gasteiger partial charge on any atom is 0.165 e. The minimum Gasteiger partial charge on any atom is -0.377 e. The fourth-order valence-electron chi connectivity index (χ4n) is 3.90. The lowest BCUT2D eigenvalue weighted by Gasteiger charge is -2.28. The van der Waals surface area contributed by atoms with Gasteiger partial charge in [-0.3, -0.25) is 4.79 Å². The summed E-state index contributed by atoms with van der Waals surface area (Å²) in [6, 6.07) is 20.7. The summed E-state index contributed by atoms with van der Waals surface area (Å²) >= 11 is 0. The third kappa shape index (κ3) is 7.05. The molecule has 3 nitrogen and oxygen atoms in total. The van der Waals surface area contributed by atoms with E-state index in [0.717, 1.165) is 50.8 Å². The molecule has 1 unspecified atom stereocenters. The lowest BCUT2D eigenvalue weighted by atomic mass is 9.82. The maximum absolute atomic E-state index is 12.5. The summed E-state index contributed by atoms with van der Waals surface area (Å²) in [5.74, 6) is 0.460. The molecule has 0 spiro atoms. The van der Waals surface area contributed by atoms with Crippen molar-refractivity contribution in [3.63, 3.8) is 0 Å². The summed E-state index contributed by atoms with van der Waals surface area (Å²) in [6.07, 6.45) is 5.20. The second kappa shape index (κ2) is 12.0. The second-order valence-electron chi connectivity index (χ2n) is 7.62. The van der Waals surface area contributed by atoms with E-state index >= 15 is 0 Å². The van der Waals surface area contributed by atoms with E-state index in [1.807, 2.05) is 30.3 Å². The predicted octanol–water partition coefficient (Wildman–Crippen LogP) is 5.09. The van der Waals surface area contributed by atoms with Crippen LogP contribution in [0.2, 0.25) is 0 Å². The molecule has 0 heterocycles. The van der Waals surface area contributed by atoms with Gasteiger partial charge in [0, 0.05) is 24.1 Å². The molecule has 0 bridgehead atoms. The summed E-state index contributed by atoms with van der Waals surface area (Å²) in [7, 11) is 0. The van der Waals surface area contributed by atoms with Crippen LogP contribution in [0.5, 0.6) is 0 Å². The fraction of sp³-hybridized carbons (Fsp3) is 0.458. The molecule has 0 radical (unpaired) electrons. The Hall–Kier alpha value is -1.68. The van der Waals surface area contributed by atoms with E-state index in [1.54, 1.807) is 0 Å². The lowest BCUT2D eigenvalue weighted by molar-refractivity contribution is 0.0196. The number of rotatable bonds is 9. The summed E-state index contributed by atoms with van der Waals surface area (Å²) in [4.78, 5) is 12.5. The van der Waals surface area contributed by atoms with Gasteiger partial charge in [-0.05, 0) is 44.6 Å². The van der Waals surface area contributed by atoms with Crippen LogP contribution >= 0.6 is 12.4 Å². The molecule has 1 aliphatic rings. The molecule has 1 fully saturated rings. The zero-order valence-corrected chi connectivity index (χ0v) is 17.5. The number of carbonyl (C=O) groups is 1. The zero-order valence-electron chi connectivity index (χ0n) is 16.7. The standard InChI is InChI=1S/C24H31NO2.ClH/c1-19(18-20-8-4-2-5-9-20)25-16-17-27-23-14-12-22(13-15-23)24(26)21-10-6-3-7-11-21;/h2-11,19,22-23,25H,12-18H2,1H3;1H. The highest BCUT2D eigenvalue weighted by Gasteiger charge is 2.27. The van der Waals surface area contributed by atoms with Crippen molar-refractivity contribution in [2.24, 2.45) is 5.92 Å². The average Bonchev–Trinajstić information content (AvgIpc) is 2.72. The van der Waals surface area contributed by atoms with Gasteiger partial charge in [0.25, 0.3) is 0 Å². The van der Waals surface area contributed by atoms with Crippen molar-refractivity contribution in [2.75, 3.05) is 13.2 Å². The number of hydrogen-bond acceptors (Lipinski definition) is 3. The van der Waals surface area contributed by atoms with Crippen molar-refractivity contribution in [3.05, 3.63) is 71.8 Å². The SMILES string of the molecule is CC(Cc1ccccc1)NCCOC1CCC(C(=O)c2ccccc2)CC1.Cl. The summed E-state index contributed by atoms with van der Waals surface area (Å²) in [5.41, 5.74) is 2.21. The van der Waals surface area contributed by atoms with Gasteiger partial charge in [-0.25, -0.2) is 0 Å². The quantitative estimate of drug-likeness (QED) is 0.470. The first kappa shape index (κ1) is 22.6. The first-order valence-corrected chi connectivity index (χ1v) is 10.2. The number of ketones is 1. The van der Waals surface area contributed by atoms with Crippen LogP contribution in [-0.4, -0.2) is 31.1 Å². The van der Waals surface area contributed by atoms with E-state index in [1.165, 1.54) is 5.56 Å². The van der Waals surface area contributed by atoms with Gasteiger partial charge in [0.2, 0.25) is 0 Å². The van der Waals surface area contributed by atoms with E-state index in [4.69, 9.17) is 4.74 Å². The Morgan fingerprint density at radius 3 is 2.25 bits per heavy atom. The smallest absolute Gasteiger partial charge is 0.165 e. The Bertz CT molecular complexity index is 684. The Labute approximate surface area is 175 Å². The normalized spacial score (nSPS) is 20.2. The minimum atomic E-state index is 0. The molecule has 1 saturated carbocycles. The summed E-state index contributed by atoms with van der Waals surface area (Å²) in [5, 5.41) is 3.54. The van der Waals surface area contributed by atoms with Crippen molar-refractivity contribution in [1.82, 2.24) is 5.32 Å². The Balaban J connectivity index is 0.00000280. The molecule has 0 amide bonds. The van der Waals surface area contributed by atoms with Crippen molar-refractivity contribution < 1.29 is 9.53 Å². The molecule has 0 aliphatic heterocycles. The van der Waals surface area contributed by atoms with Gasteiger partial charge in [0.1, 0.15) is 0 Å². The van der Waals surface area contributed by atoms with Crippen LogP contribution in [0.4, 0.5) is 0 Å². The van der Waals surface area contributed by atoms with Crippen molar-refractivity contribution in [2.45, 2.75) is 51.2 Å². The number of benzene rings is 2. The number of halogens is 1. The Morgan fingerprint density at radius 2 is 1.61 bits per heavy atom. The molecule has 2 aromatic rings. The monoisotopic (exact) mass is 401 g/mol. The van der Waals surface area contributed by atoms with Crippen LogP contribution in [0.15, 0.2) is 60.7 Å². The van der Waals surface area contributed by atoms with Gasteiger partial charge in [0.15, 0.2) is 5.78 Å². The zero-order chi connectivity index (χ0) is 18.9. The second-order valence-corrected chi connectivity index (χ2v) is 7.62. The van der Waals surface area contributed by atoms with Crippen LogP contribution in [0.3, 0.4) is 0 Å². The third-order valence-electron chi connectivity index (χ3n) is 5.44. The lowest BCUT2D eigenvalue weighted by Crippen LogP contribution is -2.33. The number of nitrogens with one attached hydrogen (secondary N) is 1. The van der Waals surface area contributed by atoms with Gasteiger partial charge < -0.3 is 10.1 Å². The van der Waals surface area contributed by atoms with E-state index in [2.05, 4.69) is 42.6 Å². The number of Topliss-reactive ketones (excluding diaryl/α,β-unsaturated/α-hetero) is 1. The van der Waals surface area contributed by atoms with E-state index in [0.29, 0.717) is 17.9 Å². The largest absolute Gasteiger partial charge is 0.377 e. The molecule has 152 valence electrons. The van der Waals surface area contributed by atoms with Crippen LogP contribution in [0.25, 0.3) is 0 Å². The first-order valence-electron chi connectivity index (χ1n) is 10.2. The molecule has 0 aromatic heterocycles. The topological polar surface area (TPSA) is 38.3 Å². The Kier molecular flexibility index (Phi) is 9.69. The van der Waals surface area contributed by atoms with Crippen LogP contribution in [0.1, 0.15) is 48.5 Å². The molecule has 1 atom stereocenters. The molecule has 28 heavy (non-hydrogen) atoms. The molecule has 1 aliphatic carbocycles. The predicted molar refractivity (Wildman–Crippen MR) is 117 cm³/mol. The highest BCUT2D eigenvalue weighted by Crippen LogP contribution is 2.28. The van der Waals surface area contributed by atoms with Gasteiger partial charge in [-0.2, -0.15) is 0 Å². The molecule has 4 heteroatoms. The van der Waals surface area contributed by atoms with Gasteiger partial charge in [-0.15, -0.1) is 12.4 Å². The summed E-state index contributed by atoms with van der Waals surface area (Å²) in [6.45, 7) is 3.82. The molecule has 1 N–H and O–H groups in total. The molecular formula is C24H32ClNO2. The van der Waals surface area contributed by atoms with E-state index < -0.39 is 0 Å². The highest BCUT2D eigenvalue weighted by atomic mass is 35.5. The number of ether oxygens (including phenoxy) is 1. The molecule has 2 aromatic carbocycles. The Morgan fingerprint density at radius 1 is 1.00 bits per heavy atom. The van der Waals surface area contributed by atoms with Gasteiger partial charge in [-0.1, -0.05) is 60.7 Å². The van der Waals surface area contributed by atoms with Gasteiger partial charge in [0.05, 0.1) is 12.7 Å². The van der Waals surface area contributed by atoms with E-state index in [-0.39, 0.29) is 18.3 Å². The highest BCUT2D eigenvalue weighted by molar-refractivity contribution is 5.97.